The zero-order valence-corrected chi connectivity index (χ0v) is 29.8. The van der Waals surface area contributed by atoms with Gasteiger partial charge in [-0.15, -0.1) is 0 Å². The van der Waals surface area contributed by atoms with Crippen LogP contribution in [0.4, 0.5) is 0 Å². The van der Waals surface area contributed by atoms with E-state index in [4.69, 9.17) is 18.9 Å². The zero-order chi connectivity index (χ0) is 32.8. The van der Waals surface area contributed by atoms with Gasteiger partial charge in [0.2, 0.25) is 0 Å². The summed E-state index contributed by atoms with van der Waals surface area (Å²) in [5, 5.41) is 0. The second-order valence-electron chi connectivity index (χ2n) is 11.1. The van der Waals surface area contributed by atoms with Crippen molar-refractivity contribution >= 4 is 44.4 Å². The molecule has 6 nitrogen and oxygen atoms in total. The lowest BCUT2D eigenvalue weighted by Crippen LogP contribution is -2.10. The maximum atomic E-state index is 12.3. The first-order chi connectivity index (χ1) is 22.3. The molecule has 0 aliphatic heterocycles. The van der Waals surface area contributed by atoms with Gasteiger partial charge >= 0.3 is 0 Å². The summed E-state index contributed by atoms with van der Waals surface area (Å²) in [6, 6.07) is 15.9. The average molecular weight is 751 g/mol. The van der Waals surface area contributed by atoms with Crippen LogP contribution in [0.25, 0.3) is 0 Å². The predicted molar refractivity (Wildman–Crippen MR) is 188 cm³/mol. The van der Waals surface area contributed by atoms with Crippen LogP contribution in [-0.2, 0) is 25.7 Å². The fourth-order valence-electron chi connectivity index (χ4n) is 6.31. The molecule has 0 amide bonds. The third-order valence-electron chi connectivity index (χ3n) is 7.90. The first kappa shape index (κ1) is 33.7. The maximum absolute atomic E-state index is 12.3. The Kier molecular flexibility index (Phi) is 11.2. The smallest absolute Gasteiger partial charge is 0.150 e. The van der Waals surface area contributed by atoms with Crippen LogP contribution in [0.15, 0.2) is 57.5 Å². The molecule has 0 spiro atoms. The van der Waals surface area contributed by atoms with Crippen LogP contribution in [0.1, 0.15) is 92.9 Å². The summed E-state index contributed by atoms with van der Waals surface area (Å²) in [7, 11) is 0. The summed E-state index contributed by atoms with van der Waals surface area (Å²) in [5.74, 6) is 3.05. The molecule has 0 atom stereocenters. The minimum Gasteiger partial charge on any atom is -0.493 e. The highest BCUT2D eigenvalue weighted by atomic mass is 79.9. The Balaban J connectivity index is 1.88. The van der Waals surface area contributed by atoms with E-state index in [2.05, 4.69) is 56.1 Å². The molecule has 0 N–H and O–H groups in total. The van der Waals surface area contributed by atoms with Crippen LogP contribution >= 0.6 is 31.9 Å². The number of carbonyl (C=O) groups is 2. The molecule has 0 fully saturated rings. The molecular formula is C38H38Br2O6. The van der Waals surface area contributed by atoms with Crippen molar-refractivity contribution < 1.29 is 28.5 Å². The fraction of sp³-hybridized carbons (Fsp3) is 0.316. The third-order valence-corrected chi connectivity index (χ3v) is 8.81. The number of hydrogen-bond donors (Lipinski definition) is 0. The van der Waals surface area contributed by atoms with Crippen molar-refractivity contribution in [2.75, 3.05) is 26.4 Å². The molecule has 4 aromatic carbocycles. The fourth-order valence-corrected chi connectivity index (χ4v) is 7.42. The van der Waals surface area contributed by atoms with E-state index in [0.29, 0.717) is 63.2 Å². The Hall–Kier alpha value is -3.62. The van der Waals surface area contributed by atoms with Crippen LogP contribution in [0.5, 0.6) is 23.0 Å². The summed E-state index contributed by atoms with van der Waals surface area (Å²) >= 11 is 7.49. The van der Waals surface area contributed by atoms with E-state index < -0.39 is 0 Å². The van der Waals surface area contributed by atoms with Crippen molar-refractivity contribution in [3.8, 4) is 23.0 Å². The van der Waals surface area contributed by atoms with Crippen LogP contribution in [-0.4, -0.2) is 39.0 Å². The minimum absolute atomic E-state index is 0.471. The van der Waals surface area contributed by atoms with E-state index in [9.17, 15) is 9.59 Å². The van der Waals surface area contributed by atoms with Gasteiger partial charge in [0.25, 0.3) is 0 Å². The Morgan fingerprint density at radius 2 is 0.674 bits per heavy atom. The summed E-state index contributed by atoms with van der Waals surface area (Å²) in [5.41, 5.74) is 8.56. The van der Waals surface area contributed by atoms with E-state index in [1.165, 1.54) is 0 Å². The zero-order valence-electron chi connectivity index (χ0n) is 26.6. The Morgan fingerprint density at radius 3 is 0.870 bits per heavy atom. The average Bonchev–Trinajstić information content (AvgIpc) is 3.02. The Morgan fingerprint density at radius 1 is 0.457 bits per heavy atom. The lowest BCUT2D eigenvalue weighted by Gasteiger charge is -2.23. The van der Waals surface area contributed by atoms with Gasteiger partial charge in [-0.25, -0.2) is 0 Å². The molecule has 8 heteroatoms. The summed E-state index contributed by atoms with van der Waals surface area (Å²) in [6.45, 7) is 9.76. The summed E-state index contributed by atoms with van der Waals surface area (Å²) in [6.07, 6.45) is 3.69. The van der Waals surface area contributed by atoms with Gasteiger partial charge in [0.15, 0.2) is 0 Å². The molecule has 0 saturated heterocycles. The SMILES string of the molecule is CCOc1c2cc(Br)cc1Cc1cc(C=O)cc(c1OCC)Cc1cc(Br)cc(c1OCC)Cc1cc(C=O)cc(c1OCC)C2. The van der Waals surface area contributed by atoms with Gasteiger partial charge in [0.1, 0.15) is 35.6 Å². The molecule has 4 aromatic rings. The lowest BCUT2D eigenvalue weighted by molar-refractivity contribution is 0.111. The van der Waals surface area contributed by atoms with Crippen LogP contribution in [0, 0.1) is 0 Å². The van der Waals surface area contributed by atoms with Crippen LogP contribution < -0.4 is 18.9 Å². The minimum atomic E-state index is 0.471. The summed E-state index contributed by atoms with van der Waals surface area (Å²) in [4.78, 5) is 24.5. The third kappa shape index (κ3) is 7.34. The first-order valence-corrected chi connectivity index (χ1v) is 17.3. The van der Waals surface area contributed by atoms with Crippen LogP contribution in [0.3, 0.4) is 0 Å². The Labute approximate surface area is 287 Å². The number of rotatable bonds is 10. The largest absolute Gasteiger partial charge is 0.493 e. The molecule has 1 aliphatic carbocycles. The van der Waals surface area contributed by atoms with Crippen molar-refractivity contribution in [2.45, 2.75) is 53.4 Å². The number of halogens is 2. The second kappa shape index (κ2) is 15.3. The molecule has 0 saturated carbocycles. The van der Waals surface area contributed by atoms with E-state index in [0.717, 1.165) is 89.0 Å². The van der Waals surface area contributed by atoms with Gasteiger partial charge in [-0.05, 0) is 98.5 Å². The molecule has 0 unspecified atom stereocenters. The number of benzene rings is 4. The van der Waals surface area contributed by atoms with Crippen molar-refractivity contribution in [2.24, 2.45) is 0 Å². The van der Waals surface area contributed by atoms with E-state index in [-0.39, 0.29) is 0 Å². The number of ether oxygens (including phenoxy) is 4. The highest BCUT2D eigenvalue weighted by Crippen LogP contribution is 2.41. The normalized spacial score (nSPS) is 12.3. The quantitative estimate of drug-likeness (QED) is 0.133. The molecule has 5 rings (SSSR count). The van der Waals surface area contributed by atoms with E-state index in [1.54, 1.807) is 0 Å². The predicted octanol–water partition coefficient (Wildman–Crippen LogP) is 9.11. The van der Waals surface area contributed by atoms with E-state index >= 15 is 0 Å². The summed E-state index contributed by atoms with van der Waals surface area (Å²) < 4.78 is 27.2. The van der Waals surface area contributed by atoms with Gasteiger partial charge < -0.3 is 18.9 Å². The number of aldehydes is 2. The topological polar surface area (TPSA) is 71.1 Å². The van der Waals surface area contributed by atoms with Gasteiger partial charge in [-0.2, -0.15) is 0 Å². The molecule has 1 aliphatic rings. The standard InChI is InChI=1S/C38H38Br2O6/c1-5-43-35-25-9-23(21-41)10-26(35)14-30-18-34(40)20-32(38(30)46-8-4)16-28-12-24(22-42)11-27(36(28)44-6-2)15-31-19-33(39)17-29(13-25)37(31)45-7-3/h9-12,17-22H,5-8,13-16H2,1-4H3. The van der Waals surface area contributed by atoms with Gasteiger partial charge in [0, 0.05) is 68.0 Å². The molecule has 240 valence electrons. The van der Waals surface area contributed by atoms with Gasteiger partial charge in [0.05, 0.1) is 26.4 Å². The van der Waals surface area contributed by atoms with Crippen molar-refractivity contribution in [1.29, 1.82) is 0 Å². The first-order valence-electron chi connectivity index (χ1n) is 15.7. The Bertz CT molecular complexity index is 1540. The molecule has 0 aromatic heterocycles. The molecule has 0 heterocycles. The monoisotopic (exact) mass is 748 g/mol. The van der Waals surface area contributed by atoms with Gasteiger partial charge in [-0.3, -0.25) is 9.59 Å². The molecular weight excluding hydrogens is 712 g/mol. The number of fused-ring (bicyclic) bond motifs is 8. The van der Waals surface area contributed by atoms with Crippen molar-refractivity contribution in [3.63, 3.8) is 0 Å². The number of carbonyl (C=O) groups excluding carboxylic acids is 2. The van der Waals surface area contributed by atoms with Crippen LogP contribution in [0.2, 0.25) is 0 Å². The number of hydrogen-bond acceptors (Lipinski definition) is 6. The maximum Gasteiger partial charge on any atom is 0.150 e. The lowest BCUT2D eigenvalue weighted by atomic mass is 9.90. The molecule has 8 bridgehead atoms. The second-order valence-corrected chi connectivity index (χ2v) is 12.9. The van der Waals surface area contributed by atoms with E-state index in [1.807, 2.05) is 52.0 Å². The van der Waals surface area contributed by atoms with Crippen molar-refractivity contribution in [1.82, 2.24) is 0 Å². The highest BCUT2D eigenvalue weighted by molar-refractivity contribution is 9.10. The molecule has 46 heavy (non-hydrogen) atoms. The van der Waals surface area contributed by atoms with Gasteiger partial charge in [-0.1, -0.05) is 31.9 Å². The molecule has 0 radical (unpaired) electrons. The van der Waals surface area contributed by atoms with Crippen molar-refractivity contribution in [3.05, 3.63) is 113 Å². The highest BCUT2D eigenvalue weighted by Gasteiger charge is 2.23.